The van der Waals surface area contributed by atoms with Gasteiger partial charge in [0.2, 0.25) is 11.8 Å². The Morgan fingerprint density at radius 1 is 1.03 bits per heavy atom. The number of rotatable bonds is 6. The minimum atomic E-state index is -2.36. The van der Waals surface area contributed by atoms with Crippen LogP contribution in [0.2, 0.25) is 0 Å². The van der Waals surface area contributed by atoms with E-state index in [-0.39, 0.29) is 30.9 Å². The number of carbonyl (C=O) groups is 2. The van der Waals surface area contributed by atoms with E-state index in [0.717, 1.165) is 16.7 Å². The Morgan fingerprint density at radius 3 is 2.58 bits per heavy atom. The molecular formula is C27H28F2N4O3. The van der Waals surface area contributed by atoms with Crippen molar-refractivity contribution < 1.29 is 23.1 Å². The third-order valence-electron chi connectivity index (χ3n) is 7.36. The molecular weight excluding hydrogens is 466 g/mol. The number of piperidine rings is 1. The number of halogens is 2. The van der Waals surface area contributed by atoms with Gasteiger partial charge in [-0.15, -0.1) is 0 Å². The number of alkyl halides is 2. The van der Waals surface area contributed by atoms with Crippen LogP contribution in [-0.4, -0.2) is 71.2 Å². The van der Waals surface area contributed by atoms with Crippen LogP contribution in [0, 0.1) is 11.3 Å². The van der Waals surface area contributed by atoms with Crippen molar-refractivity contribution in [3.8, 4) is 11.8 Å². The van der Waals surface area contributed by atoms with Crippen LogP contribution in [0.25, 0.3) is 0 Å². The fourth-order valence-corrected chi connectivity index (χ4v) is 5.45. The molecule has 2 aromatic rings. The van der Waals surface area contributed by atoms with E-state index in [1.807, 2.05) is 30.3 Å². The molecule has 5 rings (SSSR count). The van der Waals surface area contributed by atoms with Gasteiger partial charge in [-0.05, 0) is 53.8 Å². The maximum Gasteiger partial charge on any atom is 0.251 e. The Kier molecular flexibility index (Phi) is 6.88. The maximum absolute atomic E-state index is 13.4. The van der Waals surface area contributed by atoms with Gasteiger partial charge in [-0.3, -0.25) is 14.5 Å². The Labute approximate surface area is 208 Å². The summed E-state index contributed by atoms with van der Waals surface area (Å²) < 4.78 is 31.3. The normalized spacial score (nSPS) is 20.8. The molecule has 2 saturated heterocycles. The van der Waals surface area contributed by atoms with Crippen LogP contribution in [0.5, 0.6) is 5.75 Å². The summed E-state index contributed by atoms with van der Waals surface area (Å²) in [7, 11) is 0. The van der Waals surface area contributed by atoms with Crippen molar-refractivity contribution in [3.05, 3.63) is 64.7 Å². The molecule has 1 atom stereocenters. The summed E-state index contributed by atoms with van der Waals surface area (Å²) in [5.74, 6) is 0.535. The Balaban J connectivity index is 1.24. The summed E-state index contributed by atoms with van der Waals surface area (Å²) in [5, 5.41) is 9.07. The van der Waals surface area contributed by atoms with Crippen molar-refractivity contribution in [2.75, 3.05) is 26.2 Å². The second-order valence-electron chi connectivity index (χ2n) is 9.66. The van der Waals surface area contributed by atoms with E-state index in [9.17, 15) is 18.4 Å². The highest BCUT2D eigenvalue weighted by atomic mass is 19.3. The van der Waals surface area contributed by atoms with E-state index < -0.39 is 12.5 Å². The number of fused-ring (bicyclic) bond motifs is 2. The summed E-state index contributed by atoms with van der Waals surface area (Å²) in [4.78, 5) is 31.5. The van der Waals surface area contributed by atoms with Crippen molar-refractivity contribution >= 4 is 11.8 Å². The molecule has 9 heteroatoms. The molecule has 36 heavy (non-hydrogen) atoms. The number of nitrogens with zero attached hydrogens (tertiary/aromatic N) is 4. The lowest BCUT2D eigenvalue weighted by Gasteiger charge is -2.47. The summed E-state index contributed by atoms with van der Waals surface area (Å²) >= 11 is 0. The number of amides is 2. The molecule has 2 fully saturated rings. The van der Waals surface area contributed by atoms with Crippen LogP contribution in [0.15, 0.2) is 42.5 Å². The number of benzene rings is 2. The van der Waals surface area contributed by atoms with Crippen LogP contribution in [-0.2, 0) is 29.2 Å². The first kappa shape index (κ1) is 24.2. The SMILES string of the molecule is N#Cc1cccc(COc2ccc3c(c2)CN2C(=O)CN(C4CCN(CC(F)F)CC4)C(=O)[C@H]2C3)c1. The van der Waals surface area contributed by atoms with Gasteiger partial charge in [0.15, 0.2) is 0 Å². The number of hydrogen-bond acceptors (Lipinski definition) is 5. The van der Waals surface area contributed by atoms with E-state index >= 15 is 0 Å². The Bertz CT molecular complexity index is 1190. The van der Waals surface area contributed by atoms with Crippen LogP contribution >= 0.6 is 0 Å². The van der Waals surface area contributed by atoms with E-state index in [2.05, 4.69) is 6.07 Å². The number of ether oxygens (including phenoxy) is 1. The molecule has 0 unspecified atom stereocenters. The van der Waals surface area contributed by atoms with Gasteiger partial charge in [0.25, 0.3) is 6.43 Å². The van der Waals surface area contributed by atoms with Crippen molar-refractivity contribution in [1.82, 2.24) is 14.7 Å². The highest BCUT2D eigenvalue weighted by Crippen LogP contribution is 2.32. The van der Waals surface area contributed by atoms with Gasteiger partial charge >= 0.3 is 0 Å². The molecule has 0 radical (unpaired) electrons. The number of piperazine rings is 1. The molecule has 7 nitrogen and oxygen atoms in total. The van der Waals surface area contributed by atoms with Gasteiger partial charge < -0.3 is 14.5 Å². The predicted molar refractivity (Wildman–Crippen MR) is 127 cm³/mol. The average Bonchev–Trinajstić information content (AvgIpc) is 2.89. The van der Waals surface area contributed by atoms with Gasteiger partial charge in [0.1, 0.15) is 24.9 Å². The zero-order valence-corrected chi connectivity index (χ0v) is 19.9. The van der Waals surface area contributed by atoms with Crippen molar-refractivity contribution in [2.24, 2.45) is 0 Å². The summed E-state index contributed by atoms with van der Waals surface area (Å²) in [6.45, 7) is 1.48. The lowest BCUT2D eigenvalue weighted by atomic mass is 9.90. The molecule has 188 valence electrons. The highest BCUT2D eigenvalue weighted by Gasteiger charge is 2.44. The second-order valence-corrected chi connectivity index (χ2v) is 9.66. The quantitative estimate of drug-likeness (QED) is 0.617. The van der Waals surface area contributed by atoms with Crippen molar-refractivity contribution in [1.29, 1.82) is 5.26 Å². The average molecular weight is 495 g/mol. The number of hydrogen-bond donors (Lipinski definition) is 0. The third-order valence-corrected chi connectivity index (χ3v) is 7.36. The lowest BCUT2D eigenvalue weighted by molar-refractivity contribution is -0.160. The van der Waals surface area contributed by atoms with Gasteiger partial charge in [-0.25, -0.2) is 8.78 Å². The summed E-state index contributed by atoms with van der Waals surface area (Å²) in [6, 6.07) is 14.5. The van der Waals surface area contributed by atoms with Crippen LogP contribution in [0.3, 0.4) is 0 Å². The monoisotopic (exact) mass is 494 g/mol. The summed E-state index contributed by atoms with van der Waals surface area (Å²) in [5.41, 5.74) is 3.45. The second kappa shape index (κ2) is 10.2. The zero-order chi connectivity index (χ0) is 25.2. The number of nitriles is 1. The molecule has 0 spiro atoms. The molecule has 0 N–H and O–H groups in total. The molecule has 2 amide bonds. The predicted octanol–water partition coefficient (Wildman–Crippen LogP) is 2.96. The Morgan fingerprint density at radius 2 is 1.83 bits per heavy atom. The Hall–Kier alpha value is -3.51. The highest BCUT2D eigenvalue weighted by molar-refractivity contribution is 5.95. The first-order valence-electron chi connectivity index (χ1n) is 12.3. The largest absolute Gasteiger partial charge is 0.489 e. The molecule has 3 aliphatic heterocycles. The van der Waals surface area contributed by atoms with Gasteiger partial charge in [-0.1, -0.05) is 18.2 Å². The molecule has 0 saturated carbocycles. The van der Waals surface area contributed by atoms with E-state index in [0.29, 0.717) is 56.8 Å². The molecule has 3 aliphatic rings. The fraction of sp³-hybridized carbons (Fsp3) is 0.444. The molecule has 0 aliphatic carbocycles. The lowest BCUT2D eigenvalue weighted by Crippen LogP contribution is -2.64. The van der Waals surface area contributed by atoms with Crippen LogP contribution in [0.1, 0.15) is 35.1 Å². The molecule has 2 aromatic carbocycles. The first-order valence-corrected chi connectivity index (χ1v) is 12.3. The fourth-order valence-electron chi connectivity index (χ4n) is 5.45. The summed E-state index contributed by atoms with van der Waals surface area (Å²) in [6.07, 6.45) is -0.707. The number of carbonyl (C=O) groups excluding carboxylic acids is 2. The van der Waals surface area contributed by atoms with Crippen molar-refractivity contribution in [2.45, 2.75) is 50.9 Å². The van der Waals surface area contributed by atoms with Crippen molar-refractivity contribution in [3.63, 3.8) is 0 Å². The standard InChI is InChI=1S/C27H28F2N4O3/c28-25(29)15-31-8-6-22(7-9-31)32-16-26(34)33-14-21-11-23(5-4-20(21)12-24(33)27(32)35)36-17-19-3-1-2-18(10-19)13-30/h1-5,10-11,22,24-25H,6-9,12,14-17H2/t24-/m1/s1. The van der Waals surface area contributed by atoms with Gasteiger partial charge in [0.05, 0.1) is 18.2 Å². The van der Waals surface area contributed by atoms with Crippen LogP contribution in [0.4, 0.5) is 8.78 Å². The zero-order valence-electron chi connectivity index (χ0n) is 19.9. The smallest absolute Gasteiger partial charge is 0.251 e. The molecule has 3 heterocycles. The minimum absolute atomic E-state index is 0.0373. The topological polar surface area (TPSA) is 76.9 Å². The minimum Gasteiger partial charge on any atom is -0.489 e. The van der Waals surface area contributed by atoms with E-state index in [1.54, 1.807) is 26.8 Å². The molecule has 0 bridgehead atoms. The third kappa shape index (κ3) is 5.05. The van der Waals surface area contributed by atoms with Gasteiger partial charge in [-0.2, -0.15) is 5.26 Å². The maximum atomic E-state index is 13.4. The number of likely N-dealkylation sites (tertiary alicyclic amines) is 1. The van der Waals surface area contributed by atoms with Crippen LogP contribution < -0.4 is 4.74 Å². The van der Waals surface area contributed by atoms with E-state index in [1.165, 1.54) is 0 Å². The molecule has 0 aromatic heterocycles. The van der Waals surface area contributed by atoms with Gasteiger partial charge in [0, 0.05) is 32.1 Å². The first-order chi connectivity index (χ1) is 17.4. The van der Waals surface area contributed by atoms with E-state index in [4.69, 9.17) is 10.00 Å².